The first-order valence-corrected chi connectivity index (χ1v) is 9.09. The lowest BCUT2D eigenvalue weighted by atomic mass is 10.1. The number of rotatable bonds is 4. The minimum Gasteiger partial charge on any atom is -0.330 e. The topological polar surface area (TPSA) is 24.3 Å². The first-order chi connectivity index (χ1) is 12.2. The Bertz CT molecular complexity index is 842. The maximum atomic E-state index is 4.81. The molecule has 1 aromatic heterocycles. The van der Waals surface area contributed by atoms with Crippen LogP contribution in [0.15, 0.2) is 48.5 Å². The first-order valence-electron chi connectivity index (χ1n) is 9.09. The summed E-state index contributed by atoms with van der Waals surface area (Å²) >= 11 is 0. The average molecular weight is 334 g/mol. The Morgan fingerprint density at radius 2 is 1.48 bits per heavy atom. The molecule has 0 N–H and O–H groups in total. The van der Waals surface area contributed by atoms with Crippen molar-refractivity contribution in [2.45, 2.75) is 20.0 Å². The third-order valence-corrected chi connectivity index (χ3v) is 5.24. The van der Waals surface area contributed by atoms with Crippen LogP contribution in [0, 0.1) is 6.92 Å². The molecule has 0 unspecified atom stereocenters. The van der Waals surface area contributed by atoms with Crippen molar-refractivity contribution in [1.82, 2.24) is 19.4 Å². The van der Waals surface area contributed by atoms with Gasteiger partial charge in [-0.2, -0.15) is 0 Å². The lowest BCUT2D eigenvalue weighted by Gasteiger charge is -2.34. The lowest BCUT2D eigenvalue weighted by Crippen LogP contribution is -2.45. The summed E-state index contributed by atoms with van der Waals surface area (Å²) in [6, 6.07) is 17.3. The van der Waals surface area contributed by atoms with Crippen molar-refractivity contribution in [3.8, 4) is 0 Å². The van der Waals surface area contributed by atoms with Crippen LogP contribution in [-0.2, 0) is 20.1 Å². The maximum absolute atomic E-state index is 4.81. The SMILES string of the molecule is Cc1ccc(CN2CCN(Cc3nc4ccccc4n3C)CC2)cc1. The van der Waals surface area contributed by atoms with Crippen LogP contribution in [0.3, 0.4) is 0 Å². The van der Waals surface area contributed by atoms with E-state index in [9.17, 15) is 0 Å². The third-order valence-electron chi connectivity index (χ3n) is 5.24. The zero-order valence-corrected chi connectivity index (χ0v) is 15.2. The smallest absolute Gasteiger partial charge is 0.123 e. The molecule has 2 aromatic carbocycles. The van der Waals surface area contributed by atoms with Crippen molar-refractivity contribution in [2.75, 3.05) is 26.2 Å². The zero-order chi connectivity index (χ0) is 17.2. The van der Waals surface area contributed by atoms with Gasteiger partial charge in [0.25, 0.3) is 0 Å². The molecular formula is C21H26N4. The molecule has 25 heavy (non-hydrogen) atoms. The summed E-state index contributed by atoms with van der Waals surface area (Å²) in [6.07, 6.45) is 0. The summed E-state index contributed by atoms with van der Waals surface area (Å²) < 4.78 is 2.23. The van der Waals surface area contributed by atoms with Crippen molar-refractivity contribution in [2.24, 2.45) is 7.05 Å². The number of piperazine rings is 1. The number of aryl methyl sites for hydroxylation is 2. The van der Waals surface area contributed by atoms with Gasteiger partial charge in [-0.05, 0) is 24.6 Å². The van der Waals surface area contributed by atoms with Crippen LogP contribution in [-0.4, -0.2) is 45.5 Å². The van der Waals surface area contributed by atoms with Crippen LogP contribution in [0.1, 0.15) is 17.0 Å². The molecule has 1 aliphatic rings. The van der Waals surface area contributed by atoms with Crippen LogP contribution >= 0.6 is 0 Å². The Morgan fingerprint density at radius 1 is 0.840 bits per heavy atom. The fourth-order valence-corrected chi connectivity index (χ4v) is 3.59. The number of fused-ring (bicyclic) bond motifs is 1. The molecule has 4 rings (SSSR count). The molecule has 3 aromatic rings. The van der Waals surface area contributed by atoms with E-state index in [2.05, 4.69) is 76.9 Å². The number of para-hydroxylation sites is 2. The molecule has 0 spiro atoms. The number of aromatic nitrogens is 2. The van der Waals surface area contributed by atoms with Gasteiger partial charge >= 0.3 is 0 Å². The van der Waals surface area contributed by atoms with Gasteiger partial charge in [-0.15, -0.1) is 0 Å². The maximum Gasteiger partial charge on any atom is 0.123 e. The highest BCUT2D eigenvalue weighted by atomic mass is 15.3. The molecule has 0 aliphatic carbocycles. The predicted molar refractivity (Wildman–Crippen MR) is 102 cm³/mol. The average Bonchev–Trinajstić information content (AvgIpc) is 2.95. The Morgan fingerprint density at radius 3 is 2.16 bits per heavy atom. The number of nitrogens with zero attached hydrogens (tertiary/aromatic N) is 4. The summed E-state index contributed by atoms with van der Waals surface area (Å²) in [6.45, 7) is 8.59. The summed E-state index contributed by atoms with van der Waals surface area (Å²) in [5.74, 6) is 1.16. The van der Waals surface area contributed by atoms with Crippen LogP contribution in [0.5, 0.6) is 0 Å². The molecular weight excluding hydrogens is 308 g/mol. The monoisotopic (exact) mass is 334 g/mol. The molecule has 0 atom stereocenters. The molecule has 4 nitrogen and oxygen atoms in total. The van der Waals surface area contributed by atoms with Crippen LogP contribution in [0.25, 0.3) is 11.0 Å². The second kappa shape index (κ2) is 6.98. The Hall–Kier alpha value is -2.17. The molecule has 2 heterocycles. The van der Waals surface area contributed by atoms with Gasteiger partial charge in [-0.25, -0.2) is 4.98 Å². The van der Waals surface area contributed by atoms with E-state index in [0.717, 1.165) is 50.6 Å². The van der Waals surface area contributed by atoms with Crippen molar-refractivity contribution in [3.05, 3.63) is 65.5 Å². The Balaban J connectivity index is 1.35. The first kappa shape index (κ1) is 16.3. The van der Waals surface area contributed by atoms with E-state index in [0.29, 0.717) is 0 Å². The van der Waals surface area contributed by atoms with Gasteiger partial charge in [0.15, 0.2) is 0 Å². The van der Waals surface area contributed by atoms with Gasteiger partial charge in [0.2, 0.25) is 0 Å². The molecule has 0 radical (unpaired) electrons. The summed E-state index contributed by atoms with van der Waals surface area (Å²) in [4.78, 5) is 9.88. The second-order valence-electron chi connectivity index (χ2n) is 7.11. The molecule has 1 fully saturated rings. The van der Waals surface area contributed by atoms with Gasteiger partial charge in [-0.3, -0.25) is 9.80 Å². The minimum absolute atomic E-state index is 0.934. The highest BCUT2D eigenvalue weighted by Gasteiger charge is 2.19. The highest BCUT2D eigenvalue weighted by molar-refractivity contribution is 5.75. The lowest BCUT2D eigenvalue weighted by molar-refractivity contribution is 0.119. The van der Waals surface area contributed by atoms with Gasteiger partial charge in [0.1, 0.15) is 5.82 Å². The summed E-state index contributed by atoms with van der Waals surface area (Å²) in [7, 11) is 2.12. The minimum atomic E-state index is 0.934. The molecule has 130 valence electrons. The normalized spacial score (nSPS) is 16.6. The predicted octanol–water partition coefficient (Wildman–Crippen LogP) is 3.20. The van der Waals surface area contributed by atoms with Crippen molar-refractivity contribution >= 4 is 11.0 Å². The molecule has 4 heteroatoms. The molecule has 0 saturated carbocycles. The Kier molecular flexibility index (Phi) is 4.55. The van der Waals surface area contributed by atoms with Gasteiger partial charge in [0.05, 0.1) is 17.6 Å². The van der Waals surface area contributed by atoms with E-state index in [-0.39, 0.29) is 0 Å². The number of hydrogen-bond donors (Lipinski definition) is 0. The fraction of sp³-hybridized carbons (Fsp3) is 0.381. The van der Waals surface area contributed by atoms with E-state index in [1.165, 1.54) is 16.6 Å². The number of benzene rings is 2. The van der Waals surface area contributed by atoms with Gasteiger partial charge in [-0.1, -0.05) is 42.0 Å². The summed E-state index contributed by atoms with van der Waals surface area (Å²) in [5.41, 5.74) is 5.05. The Labute approximate surface area is 149 Å². The van der Waals surface area contributed by atoms with Crippen molar-refractivity contribution in [3.63, 3.8) is 0 Å². The van der Waals surface area contributed by atoms with E-state index >= 15 is 0 Å². The molecule has 0 bridgehead atoms. The van der Waals surface area contributed by atoms with Crippen molar-refractivity contribution in [1.29, 1.82) is 0 Å². The zero-order valence-electron chi connectivity index (χ0n) is 15.2. The third kappa shape index (κ3) is 3.60. The molecule has 0 amide bonds. The van der Waals surface area contributed by atoms with E-state index in [1.54, 1.807) is 0 Å². The largest absolute Gasteiger partial charge is 0.330 e. The van der Waals surface area contributed by atoms with Gasteiger partial charge in [0, 0.05) is 39.8 Å². The quantitative estimate of drug-likeness (QED) is 0.732. The number of imidazole rings is 1. The highest BCUT2D eigenvalue weighted by Crippen LogP contribution is 2.17. The standard InChI is InChI=1S/C21H26N4/c1-17-7-9-18(10-8-17)15-24-11-13-25(14-12-24)16-21-22-19-5-3-4-6-20(19)23(21)2/h3-10H,11-16H2,1-2H3. The molecule has 1 aliphatic heterocycles. The van der Waals surface area contributed by atoms with Gasteiger partial charge < -0.3 is 4.57 Å². The van der Waals surface area contributed by atoms with Crippen molar-refractivity contribution < 1.29 is 0 Å². The summed E-state index contributed by atoms with van der Waals surface area (Å²) in [5, 5.41) is 0. The van der Waals surface area contributed by atoms with Crippen LogP contribution in [0.4, 0.5) is 0 Å². The fourth-order valence-electron chi connectivity index (χ4n) is 3.59. The number of hydrogen-bond acceptors (Lipinski definition) is 3. The van der Waals surface area contributed by atoms with E-state index in [1.807, 2.05) is 0 Å². The van der Waals surface area contributed by atoms with E-state index < -0.39 is 0 Å². The molecule has 1 saturated heterocycles. The van der Waals surface area contributed by atoms with Crippen LogP contribution < -0.4 is 0 Å². The van der Waals surface area contributed by atoms with Crippen LogP contribution in [0.2, 0.25) is 0 Å². The second-order valence-corrected chi connectivity index (χ2v) is 7.11. The van der Waals surface area contributed by atoms with E-state index in [4.69, 9.17) is 4.98 Å².